The number of nitrogens with two attached hydrogens (primary N) is 1. The second-order valence-corrected chi connectivity index (χ2v) is 5.41. The van der Waals surface area contributed by atoms with E-state index in [9.17, 15) is 0 Å². The molecule has 2 aromatic rings. The first-order chi connectivity index (χ1) is 9.10. The van der Waals surface area contributed by atoms with Crippen molar-refractivity contribution < 1.29 is 0 Å². The van der Waals surface area contributed by atoms with Gasteiger partial charge in [0.2, 0.25) is 0 Å². The molecule has 0 saturated carbocycles. The number of hydrogen-bond acceptors (Lipinski definition) is 3. The molecule has 0 aliphatic heterocycles. The normalized spacial score (nSPS) is 11.2. The van der Waals surface area contributed by atoms with E-state index in [0.717, 1.165) is 24.6 Å². The van der Waals surface area contributed by atoms with Crippen molar-refractivity contribution in [3.63, 3.8) is 0 Å². The van der Waals surface area contributed by atoms with Crippen LogP contribution in [0.2, 0.25) is 0 Å². The van der Waals surface area contributed by atoms with Crippen LogP contribution in [-0.4, -0.2) is 14.8 Å². The van der Waals surface area contributed by atoms with Gasteiger partial charge < -0.3 is 10.3 Å². The van der Waals surface area contributed by atoms with Gasteiger partial charge in [0.15, 0.2) is 0 Å². The smallest absolute Gasteiger partial charge is 0.146 e. The van der Waals surface area contributed by atoms with E-state index in [1.165, 1.54) is 11.1 Å². The molecule has 19 heavy (non-hydrogen) atoms. The van der Waals surface area contributed by atoms with Crippen LogP contribution in [0.25, 0.3) is 0 Å². The molecule has 0 aliphatic rings. The Kier molecular flexibility index (Phi) is 4.32. The number of hydrogen-bond donors (Lipinski definition) is 1. The largest absolute Gasteiger partial charge is 0.324 e. The third kappa shape index (κ3) is 3.41. The maximum absolute atomic E-state index is 5.73. The van der Waals surface area contributed by atoms with E-state index in [1.807, 2.05) is 0 Å². The van der Waals surface area contributed by atoms with Crippen molar-refractivity contribution in [2.45, 2.75) is 40.3 Å². The van der Waals surface area contributed by atoms with E-state index < -0.39 is 0 Å². The first-order valence-corrected chi connectivity index (χ1v) is 6.76. The third-order valence-electron chi connectivity index (χ3n) is 3.08. The minimum atomic E-state index is 0.438. The van der Waals surface area contributed by atoms with Crippen LogP contribution < -0.4 is 5.73 Å². The molecule has 0 bridgehead atoms. The Balaban J connectivity index is 2.27. The van der Waals surface area contributed by atoms with Gasteiger partial charge in [-0.15, -0.1) is 10.2 Å². The lowest BCUT2D eigenvalue weighted by Crippen LogP contribution is -2.14. The summed E-state index contributed by atoms with van der Waals surface area (Å²) in [6.45, 7) is 7.84. The summed E-state index contributed by atoms with van der Waals surface area (Å²) < 4.78 is 2.16. The van der Waals surface area contributed by atoms with E-state index in [1.54, 1.807) is 0 Å². The molecule has 2 N–H and O–H groups in total. The summed E-state index contributed by atoms with van der Waals surface area (Å²) in [7, 11) is 0. The fraction of sp³-hybridized carbons (Fsp3) is 0.467. The van der Waals surface area contributed by atoms with Crippen LogP contribution in [0.5, 0.6) is 0 Å². The summed E-state index contributed by atoms with van der Waals surface area (Å²) in [4.78, 5) is 0. The highest BCUT2D eigenvalue weighted by atomic mass is 15.3. The van der Waals surface area contributed by atoms with Crippen LogP contribution in [0.15, 0.2) is 24.3 Å². The molecule has 0 amide bonds. The highest BCUT2D eigenvalue weighted by molar-refractivity contribution is 5.25. The molecule has 0 spiro atoms. The van der Waals surface area contributed by atoms with E-state index in [2.05, 4.69) is 59.8 Å². The zero-order valence-corrected chi connectivity index (χ0v) is 11.9. The predicted molar refractivity (Wildman–Crippen MR) is 76.7 cm³/mol. The van der Waals surface area contributed by atoms with Gasteiger partial charge in [0, 0.05) is 13.0 Å². The van der Waals surface area contributed by atoms with E-state index in [0.29, 0.717) is 12.5 Å². The Morgan fingerprint density at radius 1 is 1.21 bits per heavy atom. The molecule has 2 rings (SSSR count). The van der Waals surface area contributed by atoms with Crippen LogP contribution in [0.4, 0.5) is 0 Å². The third-order valence-corrected chi connectivity index (χ3v) is 3.08. The highest BCUT2D eigenvalue weighted by Crippen LogP contribution is 2.13. The molecular formula is C15H22N4. The van der Waals surface area contributed by atoms with Gasteiger partial charge in [-0.25, -0.2) is 0 Å². The molecule has 0 atom stereocenters. The number of nitrogens with zero attached hydrogens (tertiary/aromatic N) is 3. The molecule has 0 unspecified atom stereocenters. The Bertz CT molecular complexity index is 543. The minimum Gasteiger partial charge on any atom is -0.324 e. The number of benzene rings is 1. The minimum absolute atomic E-state index is 0.438. The molecular weight excluding hydrogens is 236 g/mol. The van der Waals surface area contributed by atoms with Crippen LogP contribution in [0.3, 0.4) is 0 Å². The van der Waals surface area contributed by atoms with Crippen molar-refractivity contribution in [3.05, 3.63) is 47.0 Å². The fourth-order valence-electron chi connectivity index (χ4n) is 2.23. The predicted octanol–water partition coefficient (Wildman–Crippen LogP) is 2.29. The summed E-state index contributed by atoms with van der Waals surface area (Å²) in [6.07, 6.45) is 0.807. The van der Waals surface area contributed by atoms with Gasteiger partial charge in [0.05, 0.1) is 6.54 Å². The maximum Gasteiger partial charge on any atom is 0.146 e. The SMILES string of the molecule is Cc1cccc(Cc2nnc(CN)n2CC(C)C)c1. The fourth-order valence-corrected chi connectivity index (χ4v) is 2.23. The van der Waals surface area contributed by atoms with Crippen LogP contribution in [0.1, 0.15) is 36.6 Å². The standard InChI is InChI=1S/C15H22N4/c1-11(2)10-19-14(17-18-15(19)9-16)8-13-6-4-5-12(3)7-13/h4-7,11H,8-10,16H2,1-3H3. The van der Waals surface area contributed by atoms with Crippen molar-refractivity contribution in [2.24, 2.45) is 11.7 Å². The zero-order valence-electron chi connectivity index (χ0n) is 11.9. The number of aryl methyl sites for hydroxylation is 1. The van der Waals surface area contributed by atoms with Gasteiger partial charge in [-0.05, 0) is 18.4 Å². The van der Waals surface area contributed by atoms with Crippen molar-refractivity contribution in [3.8, 4) is 0 Å². The molecule has 1 aromatic heterocycles. The van der Waals surface area contributed by atoms with Crippen LogP contribution >= 0.6 is 0 Å². The first kappa shape index (κ1) is 13.7. The maximum atomic E-state index is 5.73. The lowest BCUT2D eigenvalue weighted by Gasteiger charge is -2.12. The van der Waals surface area contributed by atoms with Gasteiger partial charge in [0.25, 0.3) is 0 Å². The molecule has 0 saturated heterocycles. The van der Waals surface area contributed by atoms with E-state index in [-0.39, 0.29) is 0 Å². The second kappa shape index (κ2) is 5.97. The first-order valence-electron chi connectivity index (χ1n) is 6.76. The quantitative estimate of drug-likeness (QED) is 0.895. The average Bonchev–Trinajstić information content (AvgIpc) is 2.71. The lowest BCUT2D eigenvalue weighted by atomic mass is 10.1. The topological polar surface area (TPSA) is 56.7 Å². The van der Waals surface area contributed by atoms with Gasteiger partial charge >= 0.3 is 0 Å². The van der Waals surface area contributed by atoms with Gasteiger partial charge in [-0.3, -0.25) is 0 Å². The van der Waals surface area contributed by atoms with Gasteiger partial charge in [-0.2, -0.15) is 0 Å². The number of aromatic nitrogens is 3. The summed E-state index contributed by atoms with van der Waals surface area (Å²) in [6, 6.07) is 8.51. The Morgan fingerprint density at radius 2 is 1.95 bits per heavy atom. The van der Waals surface area contributed by atoms with Crippen molar-refractivity contribution in [2.75, 3.05) is 0 Å². The Labute approximate surface area is 114 Å². The summed E-state index contributed by atoms with van der Waals surface area (Å²) in [5.74, 6) is 2.42. The van der Waals surface area contributed by atoms with Crippen molar-refractivity contribution in [1.82, 2.24) is 14.8 Å². The molecule has 4 heteroatoms. The Hall–Kier alpha value is -1.68. The highest BCUT2D eigenvalue weighted by Gasteiger charge is 2.12. The molecule has 0 fully saturated rings. The van der Waals surface area contributed by atoms with Gasteiger partial charge in [0.1, 0.15) is 11.6 Å². The van der Waals surface area contributed by atoms with E-state index in [4.69, 9.17) is 5.73 Å². The molecule has 0 radical (unpaired) electrons. The average molecular weight is 258 g/mol. The van der Waals surface area contributed by atoms with Crippen LogP contribution in [0, 0.1) is 12.8 Å². The molecule has 0 aliphatic carbocycles. The van der Waals surface area contributed by atoms with Crippen LogP contribution in [-0.2, 0) is 19.5 Å². The van der Waals surface area contributed by atoms with Gasteiger partial charge in [-0.1, -0.05) is 43.7 Å². The molecule has 102 valence electrons. The summed E-state index contributed by atoms with van der Waals surface area (Å²) in [5.41, 5.74) is 8.27. The van der Waals surface area contributed by atoms with E-state index >= 15 is 0 Å². The zero-order chi connectivity index (χ0) is 13.8. The Morgan fingerprint density at radius 3 is 2.58 bits per heavy atom. The second-order valence-electron chi connectivity index (χ2n) is 5.41. The molecule has 1 aromatic carbocycles. The lowest BCUT2D eigenvalue weighted by molar-refractivity contribution is 0.495. The number of rotatable bonds is 5. The van der Waals surface area contributed by atoms with Crippen molar-refractivity contribution in [1.29, 1.82) is 0 Å². The summed E-state index contributed by atoms with van der Waals surface area (Å²) in [5, 5.41) is 8.49. The molecule has 4 nitrogen and oxygen atoms in total. The molecule has 1 heterocycles. The monoisotopic (exact) mass is 258 g/mol. The summed E-state index contributed by atoms with van der Waals surface area (Å²) >= 11 is 0. The van der Waals surface area contributed by atoms with Crippen molar-refractivity contribution >= 4 is 0 Å².